The van der Waals surface area contributed by atoms with E-state index < -0.39 is 0 Å². The number of methoxy groups -OCH3 is 1. The Bertz CT molecular complexity index is 532. The first kappa shape index (κ1) is 14.2. The number of aromatic hydroxyl groups is 1. The molecule has 21 heavy (non-hydrogen) atoms. The lowest BCUT2D eigenvalue weighted by Crippen LogP contribution is -2.40. The van der Waals surface area contributed by atoms with Crippen LogP contribution < -0.4 is 15.4 Å². The van der Waals surface area contributed by atoms with Crippen LogP contribution in [0.3, 0.4) is 0 Å². The standard InChI is InChI=1S/C16H22N2O3/c1-21-14-4-2-3-13(15(14)19)16(20)18-12-6-5-10-8-17-9-11(10)7-12/h2-4,10-12,17,19H,5-9H2,1H3,(H,18,20)/t10-,11+,12?/m0/s1. The maximum Gasteiger partial charge on any atom is 0.255 e. The highest BCUT2D eigenvalue weighted by atomic mass is 16.5. The Kier molecular flexibility index (Phi) is 4.01. The Hall–Kier alpha value is -1.75. The zero-order chi connectivity index (χ0) is 14.8. The van der Waals surface area contributed by atoms with Crippen molar-refractivity contribution in [3.8, 4) is 11.5 Å². The molecule has 0 bridgehead atoms. The zero-order valence-corrected chi connectivity index (χ0v) is 12.3. The Morgan fingerprint density at radius 3 is 2.95 bits per heavy atom. The van der Waals surface area contributed by atoms with Crippen LogP contribution in [0.2, 0.25) is 0 Å². The molecule has 114 valence electrons. The third kappa shape index (κ3) is 2.83. The molecule has 0 aromatic heterocycles. The van der Waals surface area contributed by atoms with E-state index in [1.165, 1.54) is 7.11 Å². The van der Waals surface area contributed by atoms with Gasteiger partial charge in [-0.05, 0) is 56.3 Å². The van der Waals surface area contributed by atoms with Crippen LogP contribution in [-0.2, 0) is 0 Å². The number of phenols is 1. The van der Waals surface area contributed by atoms with E-state index in [4.69, 9.17) is 4.74 Å². The number of para-hydroxylation sites is 1. The van der Waals surface area contributed by atoms with Gasteiger partial charge in [0.1, 0.15) is 0 Å². The smallest absolute Gasteiger partial charge is 0.255 e. The molecule has 1 saturated carbocycles. The molecule has 5 heteroatoms. The van der Waals surface area contributed by atoms with E-state index in [0.29, 0.717) is 11.7 Å². The van der Waals surface area contributed by atoms with Gasteiger partial charge in [0.25, 0.3) is 5.91 Å². The monoisotopic (exact) mass is 290 g/mol. The number of hydrogen-bond acceptors (Lipinski definition) is 4. The van der Waals surface area contributed by atoms with Crippen LogP contribution in [0.1, 0.15) is 29.6 Å². The molecule has 1 aliphatic heterocycles. The lowest BCUT2D eigenvalue weighted by atomic mass is 9.79. The lowest BCUT2D eigenvalue weighted by molar-refractivity contribution is 0.0910. The molecule has 1 aromatic rings. The average molecular weight is 290 g/mol. The van der Waals surface area contributed by atoms with Crippen molar-refractivity contribution in [2.45, 2.75) is 25.3 Å². The zero-order valence-electron chi connectivity index (χ0n) is 12.3. The predicted octanol–water partition coefficient (Wildman–Crippen LogP) is 1.52. The maximum absolute atomic E-state index is 12.4. The molecule has 5 nitrogen and oxygen atoms in total. The maximum atomic E-state index is 12.4. The van der Waals surface area contributed by atoms with Crippen LogP contribution in [0.15, 0.2) is 18.2 Å². The van der Waals surface area contributed by atoms with Crippen molar-refractivity contribution in [3.05, 3.63) is 23.8 Å². The number of amides is 1. The molecule has 1 aromatic carbocycles. The van der Waals surface area contributed by atoms with E-state index in [-0.39, 0.29) is 23.3 Å². The lowest BCUT2D eigenvalue weighted by Gasteiger charge is -2.31. The summed E-state index contributed by atoms with van der Waals surface area (Å²) < 4.78 is 5.04. The van der Waals surface area contributed by atoms with Crippen molar-refractivity contribution < 1.29 is 14.6 Å². The minimum atomic E-state index is -0.221. The van der Waals surface area contributed by atoms with E-state index in [1.54, 1.807) is 18.2 Å². The molecular weight excluding hydrogens is 268 g/mol. The number of hydrogen-bond donors (Lipinski definition) is 3. The average Bonchev–Trinajstić information content (AvgIpc) is 2.95. The Morgan fingerprint density at radius 2 is 2.14 bits per heavy atom. The number of fused-ring (bicyclic) bond motifs is 1. The topological polar surface area (TPSA) is 70.6 Å². The highest BCUT2D eigenvalue weighted by Crippen LogP contribution is 2.33. The van der Waals surface area contributed by atoms with Gasteiger partial charge < -0.3 is 20.5 Å². The van der Waals surface area contributed by atoms with Crippen molar-refractivity contribution in [2.24, 2.45) is 11.8 Å². The fourth-order valence-corrected chi connectivity index (χ4v) is 3.56. The quantitative estimate of drug-likeness (QED) is 0.789. The van der Waals surface area contributed by atoms with E-state index >= 15 is 0 Å². The highest BCUT2D eigenvalue weighted by Gasteiger charge is 2.34. The van der Waals surface area contributed by atoms with Gasteiger partial charge in [0.15, 0.2) is 11.5 Å². The Balaban J connectivity index is 1.66. The van der Waals surface area contributed by atoms with Crippen molar-refractivity contribution in [1.29, 1.82) is 0 Å². The van der Waals surface area contributed by atoms with Gasteiger partial charge in [-0.25, -0.2) is 0 Å². The second kappa shape index (κ2) is 5.93. The van der Waals surface area contributed by atoms with Crippen LogP contribution in [0.5, 0.6) is 11.5 Å². The summed E-state index contributed by atoms with van der Waals surface area (Å²) in [4.78, 5) is 12.4. The van der Waals surface area contributed by atoms with E-state index in [2.05, 4.69) is 10.6 Å². The largest absolute Gasteiger partial charge is 0.504 e. The number of rotatable bonds is 3. The van der Waals surface area contributed by atoms with Gasteiger partial charge in [-0.2, -0.15) is 0 Å². The van der Waals surface area contributed by atoms with Gasteiger partial charge in [0.05, 0.1) is 12.7 Å². The van der Waals surface area contributed by atoms with E-state index in [1.807, 2.05) is 0 Å². The highest BCUT2D eigenvalue weighted by molar-refractivity contribution is 5.97. The van der Waals surface area contributed by atoms with Crippen LogP contribution in [0.25, 0.3) is 0 Å². The Labute approximate surface area is 124 Å². The van der Waals surface area contributed by atoms with Crippen molar-refractivity contribution in [3.63, 3.8) is 0 Å². The summed E-state index contributed by atoms with van der Waals surface area (Å²) in [5, 5.41) is 16.5. The van der Waals surface area contributed by atoms with Crippen molar-refractivity contribution in [1.82, 2.24) is 10.6 Å². The number of ether oxygens (including phenoxy) is 1. The molecule has 2 fully saturated rings. The third-order valence-corrected chi connectivity index (χ3v) is 4.75. The van der Waals surface area contributed by atoms with Crippen molar-refractivity contribution in [2.75, 3.05) is 20.2 Å². The molecule has 1 unspecified atom stereocenters. The second-order valence-corrected chi connectivity index (χ2v) is 6.02. The number of phenolic OH excluding ortho intramolecular Hbond substituents is 1. The second-order valence-electron chi connectivity index (χ2n) is 6.02. The first-order valence-electron chi connectivity index (χ1n) is 7.56. The third-order valence-electron chi connectivity index (χ3n) is 4.75. The van der Waals surface area contributed by atoms with Gasteiger partial charge in [-0.1, -0.05) is 6.07 Å². The molecule has 1 amide bonds. The summed E-state index contributed by atoms with van der Waals surface area (Å²) in [6, 6.07) is 5.17. The summed E-state index contributed by atoms with van der Waals surface area (Å²) in [5.41, 5.74) is 0.279. The minimum Gasteiger partial charge on any atom is -0.504 e. The van der Waals surface area contributed by atoms with Gasteiger partial charge in [-0.15, -0.1) is 0 Å². The number of nitrogens with one attached hydrogen (secondary N) is 2. The molecule has 0 radical (unpaired) electrons. The first-order chi connectivity index (χ1) is 10.2. The normalized spacial score (nSPS) is 28.0. The summed E-state index contributed by atoms with van der Waals surface area (Å²) in [5.74, 6) is 1.45. The fraction of sp³-hybridized carbons (Fsp3) is 0.562. The molecule has 1 aliphatic carbocycles. The van der Waals surface area contributed by atoms with E-state index in [0.717, 1.165) is 38.3 Å². The predicted molar refractivity (Wildman–Crippen MR) is 79.6 cm³/mol. The van der Waals surface area contributed by atoms with Gasteiger partial charge >= 0.3 is 0 Å². The molecular formula is C16H22N2O3. The van der Waals surface area contributed by atoms with Crippen LogP contribution >= 0.6 is 0 Å². The van der Waals surface area contributed by atoms with E-state index in [9.17, 15) is 9.90 Å². The molecule has 1 heterocycles. The summed E-state index contributed by atoms with van der Waals surface area (Å²) in [6.07, 6.45) is 3.19. The molecule has 3 N–H and O–H groups in total. The van der Waals surface area contributed by atoms with Crippen LogP contribution in [0.4, 0.5) is 0 Å². The number of carbonyl (C=O) groups excluding carboxylic acids is 1. The molecule has 3 atom stereocenters. The fourth-order valence-electron chi connectivity index (χ4n) is 3.56. The first-order valence-corrected chi connectivity index (χ1v) is 7.56. The van der Waals surface area contributed by atoms with Gasteiger partial charge in [0.2, 0.25) is 0 Å². The minimum absolute atomic E-state index is 0.0891. The molecule has 0 spiro atoms. The molecule has 1 saturated heterocycles. The summed E-state index contributed by atoms with van der Waals surface area (Å²) in [7, 11) is 1.48. The Morgan fingerprint density at radius 1 is 1.33 bits per heavy atom. The van der Waals surface area contributed by atoms with Crippen LogP contribution in [0, 0.1) is 11.8 Å². The molecule has 2 aliphatic rings. The van der Waals surface area contributed by atoms with Crippen molar-refractivity contribution >= 4 is 5.91 Å². The summed E-state index contributed by atoms with van der Waals surface area (Å²) in [6.45, 7) is 2.17. The van der Waals surface area contributed by atoms with Gasteiger partial charge in [-0.3, -0.25) is 4.79 Å². The van der Waals surface area contributed by atoms with Gasteiger partial charge in [0, 0.05) is 6.04 Å². The number of benzene rings is 1. The molecule has 3 rings (SSSR count). The van der Waals surface area contributed by atoms with Crippen LogP contribution in [-0.4, -0.2) is 37.3 Å². The summed E-state index contributed by atoms with van der Waals surface area (Å²) >= 11 is 0. The number of carbonyl (C=O) groups is 1. The SMILES string of the molecule is COc1cccc(C(=O)NC2CC[C@H]3CNC[C@H]3C2)c1O.